The second-order valence-corrected chi connectivity index (χ2v) is 9.94. The number of nitrogens with one attached hydrogen (secondary N) is 1. The number of quaternary nitrogens is 1. The van der Waals surface area contributed by atoms with Gasteiger partial charge in [-0.2, -0.15) is 4.31 Å². The van der Waals surface area contributed by atoms with E-state index in [0.717, 1.165) is 36.6 Å². The summed E-state index contributed by atoms with van der Waals surface area (Å²) >= 11 is 0. The summed E-state index contributed by atoms with van der Waals surface area (Å²) in [6, 6.07) is 5.36. The number of halogens is 1. The van der Waals surface area contributed by atoms with E-state index >= 15 is 0 Å². The Bertz CT molecular complexity index is 890. The monoisotopic (exact) mass is 410 g/mol. The van der Waals surface area contributed by atoms with Crippen molar-refractivity contribution in [3.8, 4) is 0 Å². The maximum atomic E-state index is 13.9. The fraction of sp³-hybridized carbons (Fsp3) is 0.579. The van der Waals surface area contributed by atoms with Gasteiger partial charge in [0.2, 0.25) is 21.8 Å². The average molecular weight is 410 g/mol. The van der Waals surface area contributed by atoms with Gasteiger partial charge in [-0.15, -0.1) is 0 Å². The van der Waals surface area contributed by atoms with E-state index in [4.69, 9.17) is 0 Å². The Morgan fingerprint density at radius 1 is 1.07 bits per heavy atom. The van der Waals surface area contributed by atoms with Crippen molar-refractivity contribution in [2.75, 3.05) is 32.8 Å². The van der Waals surface area contributed by atoms with Gasteiger partial charge >= 0.3 is 0 Å². The molecule has 7 nitrogen and oxygen atoms in total. The Morgan fingerprint density at radius 2 is 1.71 bits per heavy atom. The fourth-order valence-electron chi connectivity index (χ4n) is 4.68. The number of amides is 2. The number of benzene rings is 1. The molecule has 28 heavy (non-hydrogen) atoms. The molecule has 3 aliphatic rings. The number of nitrogens with zero attached hydrogens (tertiary/aromatic N) is 2. The third kappa shape index (κ3) is 3.25. The minimum Gasteiger partial charge on any atom is -0.315 e. The molecule has 2 saturated heterocycles. The number of sulfonamides is 1. The summed E-state index contributed by atoms with van der Waals surface area (Å²) < 4.78 is 40.6. The van der Waals surface area contributed by atoms with E-state index in [1.165, 1.54) is 27.4 Å². The van der Waals surface area contributed by atoms with Crippen molar-refractivity contribution < 1.29 is 27.3 Å². The fourth-order valence-corrected chi connectivity index (χ4v) is 6.19. The topological polar surface area (TPSA) is 79.2 Å². The van der Waals surface area contributed by atoms with Crippen molar-refractivity contribution >= 4 is 21.8 Å². The summed E-state index contributed by atoms with van der Waals surface area (Å²) in [6.07, 6.45) is 3.88. The van der Waals surface area contributed by atoms with Gasteiger partial charge in [0.25, 0.3) is 0 Å². The number of hydrogen-bond acceptors (Lipinski definition) is 4. The zero-order valence-corrected chi connectivity index (χ0v) is 16.5. The molecule has 1 N–H and O–H groups in total. The summed E-state index contributed by atoms with van der Waals surface area (Å²) in [5, 5.41) is 0. The number of likely N-dealkylation sites (tertiary alicyclic amines) is 1. The molecule has 0 aromatic heterocycles. The van der Waals surface area contributed by atoms with Crippen LogP contribution in [0.1, 0.15) is 32.1 Å². The molecule has 2 amide bonds. The molecule has 0 bridgehead atoms. The first-order valence-electron chi connectivity index (χ1n) is 9.77. The van der Waals surface area contributed by atoms with Gasteiger partial charge < -0.3 is 4.90 Å². The van der Waals surface area contributed by atoms with Crippen LogP contribution in [0.4, 0.5) is 4.39 Å². The van der Waals surface area contributed by atoms with Gasteiger partial charge in [-0.05, 0) is 25.0 Å². The Balaban J connectivity index is 1.39. The molecule has 3 fully saturated rings. The summed E-state index contributed by atoms with van der Waals surface area (Å²) in [5.41, 5.74) is -0.480. The molecule has 2 heterocycles. The first-order valence-corrected chi connectivity index (χ1v) is 11.2. The van der Waals surface area contributed by atoms with Crippen molar-refractivity contribution in [3.63, 3.8) is 0 Å². The lowest BCUT2D eigenvalue weighted by atomic mass is 9.85. The summed E-state index contributed by atoms with van der Waals surface area (Å²) in [4.78, 5) is 27.3. The molecule has 1 spiro atoms. The number of piperazine rings is 1. The highest BCUT2D eigenvalue weighted by molar-refractivity contribution is 7.89. The van der Waals surface area contributed by atoms with Gasteiger partial charge in [-0.1, -0.05) is 25.0 Å². The predicted molar refractivity (Wildman–Crippen MR) is 98.1 cm³/mol. The average Bonchev–Trinajstić information content (AvgIpc) is 3.23. The summed E-state index contributed by atoms with van der Waals surface area (Å²) in [6.45, 7) is 1.68. The van der Waals surface area contributed by atoms with Crippen molar-refractivity contribution in [2.45, 2.75) is 37.0 Å². The van der Waals surface area contributed by atoms with Crippen LogP contribution in [0.25, 0.3) is 0 Å². The van der Waals surface area contributed by atoms with E-state index in [1.54, 1.807) is 0 Å². The van der Waals surface area contributed by atoms with Crippen LogP contribution in [-0.2, 0) is 19.6 Å². The van der Waals surface area contributed by atoms with Crippen molar-refractivity contribution in [2.24, 2.45) is 5.41 Å². The minimum atomic E-state index is -3.89. The summed E-state index contributed by atoms with van der Waals surface area (Å²) in [5.74, 6) is -0.919. The van der Waals surface area contributed by atoms with Gasteiger partial charge in [0.05, 0.1) is 31.6 Å². The van der Waals surface area contributed by atoms with Gasteiger partial charge in [0, 0.05) is 6.42 Å². The lowest BCUT2D eigenvalue weighted by molar-refractivity contribution is -0.910. The number of carbonyl (C=O) groups excluding carboxylic acids is 2. The van der Waals surface area contributed by atoms with Crippen molar-refractivity contribution in [1.29, 1.82) is 0 Å². The molecule has 0 radical (unpaired) electrons. The van der Waals surface area contributed by atoms with Gasteiger partial charge in [-0.3, -0.25) is 9.59 Å². The van der Waals surface area contributed by atoms with Crippen LogP contribution in [0.2, 0.25) is 0 Å². The minimum absolute atomic E-state index is 0.0519. The molecular weight excluding hydrogens is 385 g/mol. The van der Waals surface area contributed by atoms with E-state index in [9.17, 15) is 22.4 Å². The first kappa shape index (κ1) is 19.5. The normalized spacial score (nSPS) is 23.8. The Labute approximate surface area is 164 Å². The van der Waals surface area contributed by atoms with Gasteiger partial charge in [0.1, 0.15) is 10.7 Å². The van der Waals surface area contributed by atoms with Gasteiger partial charge in [-0.25, -0.2) is 17.7 Å². The van der Waals surface area contributed by atoms with E-state index in [2.05, 4.69) is 0 Å². The number of imide groups is 1. The van der Waals surface area contributed by atoms with Crippen LogP contribution in [0.15, 0.2) is 29.2 Å². The molecule has 0 atom stereocenters. The molecule has 4 rings (SSSR count). The Morgan fingerprint density at radius 3 is 2.36 bits per heavy atom. The van der Waals surface area contributed by atoms with Crippen LogP contribution in [0, 0.1) is 11.2 Å². The molecule has 2 aliphatic heterocycles. The molecule has 1 aromatic rings. The van der Waals surface area contributed by atoms with Crippen LogP contribution in [0.3, 0.4) is 0 Å². The van der Waals surface area contributed by atoms with E-state index < -0.39 is 21.3 Å². The van der Waals surface area contributed by atoms with E-state index in [-0.39, 0.29) is 36.5 Å². The van der Waals surface area contributed by atoms with E-state index in [1.807, 2.05) is 0 Å². The second-order valence-electron chi connectivity index (χ2n) is 8.03. The third-order valence-corrected chi connectivity index (χ3v) is 8.25. The largest absolute Gasteiger partial charge is 0.315 e. The van der Waals surface area contributed by atoms with Crippen LogP contribution < -0.4 is 4.90 Å². The molecule has 152 valence electrons. The molecule has 1 saturated carbocycles. The van der Waals surface area contributed by atoms with Crippen LogP contribution in [-0.4, -0.2) is 62.3 Å². The molecule has 9 heteroatoms. The molecular formula is C19H25FN3O4S+. The zero-order valence-electron chi connectivity index (χ0n) is 15.7. The second kappa shape index (κ2) is 7.20. The third-order valence-electron chi connectivity index (χ3n) is 6.32. The van der Waals surface area contributed by atoms with Crippen molar-refractivity contribution in [1.82, 2.24) is 9.21 Å². The number of rotatable bonds is 4. The molecule has 1 aromatic carbocycles. The number of carbonyl (C=O) groups is 2. The quantitative estimate of drug-likeness (QED) is 0.709. The first-order chi connectivity index (χ1) is 13.3. The lowest BCUT2D eigenvalue weighted by Crippen LogP contribution is -3.16. The summed E-state index contributed by atoms with van der Waals surface area (Å²) in [7, 11) is -3.89. The van der Waals surface area contributed by atoms with Crippen LogP contribution >= 0.6 is 0 Å². The predicted octanol–water partition coefficient (Wildman–Crippen LogP) is -0.00830. The highest BCUT2D eigenvalue weighted by atomic mass is 32.2. The van der Waals surface area contributed by atoms with Crippen molar-refractivity contribution in [3.05, 3.63) is 30.1 Å². The Hall–Kier alpha value is -1.84. The highest BCUT2D eigenvalue weighted by Crippen LogP contribution is 2.46. The SMILES string of the molecule is O=C1CC2(CCCC2)C(=O)N1C[NH+]1CCN(S(=O)(=O)c2ccccc2F)CC1. The van der Waals surface area contributed by atoms with Gasteiger partial charge in [0.15, 0.2) is 6.67 Å². The number of hydrogen-bond donors (Lipinski definition) is 1. The smallest absolute Gasteiger partial charge is 0.246 e. The lowest BCUT2D eigenvalue weighted by Gasteiger charge is -2.33. The maximum Gasteiger partial charge on any atom is 0.246 e. The molecule has 0 unspecified atom stereocenters. The van der Waals surface area contributed by atoms with E-state index in [0.29, 0.717) is 19.5 Å². The van der Waals surface area contributed by atoms with Crippen LogP contribution in [0.5, 0.6) is 0 Å². The molecule has 1 aliphatic carbocycles. The highest BCUT2D eigenvalue weighted by Gasteiger charge is 2.53. The maximum absolute atomic E-state index is 13.9. The zero-order chi connectivity index (χ0) is 19.9. The standard InChI is InChI=1S/C19H24FN3O4S/c20-15-5-1-2-6-16(15)28(26,27)22-11-9-21(10-12-22)14-23-17(24)13-19(18(23)25)7-3-4-8-19/h1-2,5-6H,3-4,7-14H2/p+1. The Kier molecular flexibility index (Phi) is 5.01.